The third-order valence-corrected chi connectivity index (χ3v) is 5.12. The average molecular weight is 343 g/mol. The summed E-state index contributed by atoms with van der Waals surface area (Å²) in [7, 11) is 0. The third kappa shape index (κ3) is 5.00. The molecule has 0 unspecified atom stereocenters. The molecular formula is C21H27O4-. The highest BCUT2D eigenvalue weighted by atomic mass is 16.5. The second kappa shape index (κ2) is 8.41. The van der Waals surface area contributed by atoms with E-state index in [0.717, 1.165) is 51.4 Å². The number of carbonyl (C=O) groups is 2. The van der Waals surface area contributed by atoms with E-state index in [4.69, 9.17) is 9.47 Å². The lowest BCUT2D eigenvalue weighted by Gasteiger charge is -2.24. The zero-order valence-electron chi connectivity index (χ0n) is 14.8. The lowest BCUT2D eigenvalue weighted by atomic mass is 9.97. The van der Waals surface area contributed by atoms with Gasteiger partial charge in [0.15, 0.2) is 0 Å². The van der Waals surface area contributed by atoms with Crippen LogP contribution in [0.15, 0.2) is 18.2 Å². The number of rotatable bonds is 4. The van der Waals surface area contributed by atoms with Gasteiger partial charge in [-0.25, -0.2) is 9.59 Å². The molecule has 2 fully saturated rings. The molecule has 0 bridgehead atoms. The number of ether oxygens (including phenoxy) is 2. The lowest BCUT2D eigenvalue weighted by molar-refractivity contribution is 0.0209. The van der Waals surface area contributed by atoms with Gasteiger partial charge in [-0.2, -0.15) is 12.5 Å². The lowest BCUT2D eigenvalue weighted by Crippen LogP contribution is -2.22. The van der Waals surface area contributed by atoms with Gasteiger partial charge < -0.3 is 9.47 Å². The van der Waals surface area contributed by atoms with Gasteiger partial charge in [0, 0.05) is 11.1 Å². The third-order valence-electron chi connectivity index (χ3n) is 5.12. The highest BCUT2D eigenvalue weighted by molar-refractivity contribution is 5.96. The number of hydrogen-bond donors (Lipinski definition) is 0. The van der Waals surface area contributed by atoms with Crippen molar-refractivity contribution in [3.8, 4) is 0 Å². The fraction of sp³-hybridized carbons (Fsp3) is 0.571. The summed E-state index contributed by atoms with van der Waals surface area (Å²) in [6.45, 7) is 3.88. The molecule has 0 aliphatic heterocycles. The van der Waals surface area contributed by atoms with E-state index in [-0.39, 0.29) is 24.1 Å². The average Bonchev–Trinajstić information content (AvgIpc) is 2.63. The number of benzene rings is 1. The minimum atomic E-state index is -0.371. The van der Waals surface area contributed by atoms with E-state index in [2.05, 4.69) is 6.92 Å². The summed E-state index contributed by atoms with van der Waals surface area (Å²) in [4.78, 5) is 24.9. The van der Waals surface area contributed by atoms with Gasteiger partial charge in [-0.15, -0.1) is 12.1 Å². The Morgan fingerprint density at radius 2 is 1.12 bits per heavy atom. The van der Waals surface area contributed by atoms with Crippen LogP contribution in [0, 0.1) is 6.92 Å². The number of hydrogen-bond acceptors (Lipinski definition) is 4. The molecule has 0 radical (unpaired) electrons. The molecule has 0 N–H and O–H groups in total. The van der Waals surface area contributed by atoms with E-state index in [0.29, 0.717) is 16.7 Å². The minimum absolute atomic E-state index is 0.00707. The molecule has 2 aliphatic rings. The van der Waals surface area contributed by atoms with Crippen LogP contribution >= 0.6 is 0 Å². The summed E-state index contributed by atoms with van der Waals surface area (Å²) in [5.74, 6) is -0.742. The van der Waals surface area contributed by atoms with Gasteiger partial charge in [0.25, 0.3) is 0 Å². The maximum atomic E-state index is 12.4. The van der Waals surface area contributed by atoms with Crippen LogP contribution in [0.25, 0.3) is 0 Å². The Morgan fingerprint density at radius 1 is 0.720 bits per heavy atom. The second-order valence-corrected chi connectivity index (χ2v) is 7.25. The van der Waals surface area contributed by atoms with Gasteiger partial charge in [0.05, 0.1) is 0 Å². The Morgan fingerprint density at radius 3 is 1.52 bits per heavy atom. The van der Waals surface area contributed by atoms with E-state index in [1.165, 1.54) is 12.8 Å². The molecule has 25 heavy (non-hydrogen) atoms. The van der Waals surface area contributed by atoms with Crippen molar-refractivity contribution in [2.24, 2.45) is 0 Å². The van der Waals surface area contributed by atoms with Gasteiger partial charge in [-0.3, -0.25) is 0 Å². The molecule has 136 valence electrons. The Kier molecular flexibility index (Phi) is 6.00. The predicted molar refractivity (Wildman–Crippen MR) is 95.5 cm³/mol. The summed E-state index contributed by atoms with van der Waals surface area (Å²) < 4.78 is 11.2. The van der Waals surface area contributed by atoms with Crippen molar-refractivity contribution >= 4 is 11.9 Å². The number of carbonyl (C=O) groups excluding carboxylic acids is 2. The normalized spacial score (nSPS) is 19.4. The zero-order valence-corrected chi connectivity index (χ0v) is 14.8. The molecule has 0 amide bonds. The second-order valence-electron chi connectivity index (χ2n) is 7.25. The van der Waals surface area contributed by atoms with E-state index >= 15 is 0 Å². The molecule has 1 aromatic rings. The fourth-order valence-electron chi connectivity index (χ4n) is 3.73. The van der Waals surface area contributed by atoms with Gasteiger partial charge in [0.1, 0.15) is 12.2 Å². The van der Waals surface area contributed by atoms with E-state index < -0.39 is 0 Å². The van der Waals surface area contributed by atoms with Crippen molar-refractivity contribution in [3.05, 3.63) is 41.8 Å². The van der Waals surface area contributed by atoms with Crippen LogP contribution in [0.5, 0.6) is 0 Å². The topological polar surface area (TPSA) is 52.6 Å². The first kappa shape index (κ1) is 17.8. The van der Waals surface area contributed by atoms with Crippen molar-refractivity contribution in [3.63, 3.8) is 0 Å². The highest BCUT2D eigenvalue weighted by Gasteiger charge is 2.20. The van der Waals surface area contributed by atoms with E-state index in [1.807, 2.05) is 0 Å². The quantitative estimate of drug-likeness (QED) is 0.579. The van der Waals surface area contributed by atoms with Crippen molar-refractivity contribution in [1.29, 1.82) is 0 Å². The molecule has 0 spiro atoms. The van der Waals surface area contributed by atoms with Crippen molar-refractivity contribution < 1.29 is 19.1 Å². The van der Waals surface area contributed by atoms with Crippen molar-refractivity contribution in [1.82, 2.24) is 0 Å². The van der Waals surface area contributed by atoms with E-state index in [9.17, 15) is 9.59 Å². The molecule has 0 atom stereocenters. The van der Waals surface area contributed by atoms with Gasteiger partial charge >= 0.3 is 11.9 Å². The molecule has 2 aliphatic carbocycles. The molecule has 1 aromatic carbocycles. The summed E-state index contributed by atoms with van der Waals surface area (Å²) in [6, 6.07) is 4.91. The molecule has 4 heteroatoms. The standard InChI is InChI=1S/C21H27O4/c1-15-12-16(20(22)24-18-8-4-2-5-9-18)14-17(13-15)21(23)25-19-10-6-3-7-11-19/h12-14,18-19H,1-11H2/q-1. The van der Waals surface area contributed by atoms with Crippen LogP contribution < -0.4 is 0 Å². The Balaban J connectivity index is 1.66. The van der Waals surface area contributed by atoms with Gasteiger partial charge in [-0.1, -0.05) is 18.9 Å². The molecule has 0 aromatic heterocycles. The first-order chi connectivity index (χ1) is 12.1. The predicted octanol–water partition coefficient (Wildman–Crippen LogP) is 4.85. The summed E-state index contributed by atoms with van der Waals surface area (Å²) in [5.41, 5.74) is 1.39. The first-order valence-corrected chi connectivity index (χ1v) is 9.51. The van der Waals surface area contributed by atoms with Crippen molar-refractivity contribution in [2.45, 2.75) is 76.4 Å². The zero-order chi connectivity index (χ0) is 17.6. The van der Waals surface area contributed by atoms with Gasteiger partial charge in [0.2, 0.25) is 0 Å². The molecule has 2 saturated carbocycles. The van der Waals surface area contributed by atoms with Crippen LogP contribution in [0.2, 0.25) is 0 Å². The minimum Gasteiger partial charge on any atom is -0.460 e. The fourth-order valence-corrected chi connectivity index (χ4v) is 3.73. The number of esters is 2. The monoisotopic (exact) mass is 343 g/mol. The highest BCUT2D eigenvalue weighted by Crippen LogP contribution is 2.24. The van der Waals surface area contributed by atoms with E-state index in [1.54, 1.807) is 18.2 Å². The SMILES string of the molecule is [CH2-]c1cc(C(=O)OC2CCCCC2)cc(C(=O)OC2CCCCC2)c1. The summed E-state index contributed by atoms with van der Waals surface area (Å²) in [6.07, 6.45) is 10.5. The molecule has 3 rings (SSSR count). The molecule has 4 nitrogen and oxygen atoms in total. The van der Waals surface area contributed by atoms with Crippen LogP contribution in [-0.4, -0.2) is 24.1 Å². The molecule has 0 heterocycles. The van der Waals surface area contributed by atoms with Crippen LogP contribution in [0.4, 0.5) is 0 Å². The van der Waals surface area contributed by atoms with Crippen LogP contribution in [0.1, 0.15) is 90.5 Å². The summed E-state index contributed by atoms with van der Waals surface area (Å²) in [5, 5.41) is 0. The maximum absolute atomic E-state index is 12.4. The smallest absolute Gasteiger partial charge is 0.325 e. The summed E-state index contributed by atoms with van der Waals surface area (Å²) >= 11 is 0. The molecular weight excluding hydrogens is 316 g/mol. The Bertz CT molecular complexity index is 560. The maximum Gasteiger partial charge on any atom is 0.325 e. The first-order valence-electron chi connectivity index (χ1n) is 9.51. The largest absolute Gasteiger partial charge is 0.460 e. The Hall–Kier alpha value is -1.97. The Labute approximate surface area is 149 Å². The van der Waals surface area contributed by atoms with Gasteiger partial charge in [-0.05, 0) is 51.4 Å². The van der Waals surface area contributed by atoms with Crippen LogP contribution in [0.3, 0.4) is 0 Å². The molecule has 0 saturated heterocycles. The van der Waals surface area contributed by atoms with Crippen LogP contribution in [-0.2, 0) is 9.47 Å². The van der Waals surface area contributed by atoms with Crippen molar-refractivity contribution in [2.75, 3.05) is 0 Å².